The van der Waals surface area contributed by atoms with Crippen molar-refractivity contribution in [2.24, 2.45) is 5.92 Å². The van der Waals surface area contributed by atoms with E-state index >= 15 is 0 Å². The molecule has 1 saturated heterocycles. The van der Waals surface area contributed by atoms with E-state index in [1.807, 2.05) is 12.1 Å². The smallest absolute Gasteiger partial charge is 0.0495 e. The Labute approximate surface area is 101 Å². The lowest BCUT2D eigenvalue weighted by Gasteiger charge is -2.21. The van der Waals surface area contributed by atoms with Crippen molar-refractivity contribution in [2.45, 2.75) is 19.2 Å². The Balaban J connectivity index is 2.27. The van der Waals surface area contributed by atoms with Gasteiger partial charge in [-0.25, -0.2) is 0 Å². The lowest BCUT2D eigenvalue weighted by molar-refractivity contribution is 0.659. The molecule has 1 heterocycles. The molecule has 0 bridgehead atoms. The predicted octanol–water partition coefficient (Wildman–Crippen LogP) is 3.93. The van der Waals surface area contributed by atoms with Crippen LogP contribution in [0.5, 0.6) is 0 Å². The van der Waals surface area contributed by atoms with E-state index in [4.69, 9.17) is 23.2 Å². The molecule has 0 amide bonds. The summed E-state index contributed by atoms with van der Waals surface area (Å²) in [6, 6.07) is 5.99. The number of halogens is 2. The SMILES string of the molecule is CC1CCN(c2ccc(Cl)cc2CCl)C1. The summed E-state index contributed by atoms with van der Waals surface area (Å²) >= 11 is 11.9. The van der Waals surface area contributed by atoms with Gasteiger partial charge in [-0.15, -0.1) is 11.6 Å². The Morgan fingerprint density at radius 3 is 2.87 bits per heavy atom. The summed E-state index contributed by atoms with van der Waals surface area (Å²) in [7, 11) is 0. The Kier molecular flexibility index (Phi) is 3.42. The molecule has 0 N–H and O–H groups in total. The van der Waals surface area contributed by atoms with E-state index in [2.05, 4.69) is 17.9 Å². The Bertz CT molecular complexity index is 351. The van der Waals surface area contributed by atoms with Gasteiger partial charge in [-0.3, -0.25) is 0 Å². The van der Waals surface area contributed by atoms with Crippen LogP contribution in [0.4, 0.5) is 5.69 Å². The number of hydrogen-bond donors (Lipinski definition) is 0. The van der Waals surface area contributed by atoms with Crippen molar-refractivity contribution in [3.05, 3.63) is 28.8 Å². The molecule has 0 aliphatic carbocycles. The van der Waals surface area contributed by atoms with Gasteiger partial charge in [0.05, 0.1) is 0 Å². The first-order valence-electron chi connectivity index (χ1n) is 5.30. The summed E-state index contributed by atoms with van der Waals surface area (Å²) in [4.78, 5) is 2.40. The van der Waals surface area contributed by atoms with Crippen LogP contribution < -0.4 is 4.90 Å². The average Bonchev–Trinajstić information content (AvgIpc) is 2.64. The van der Waals surface area contributed by atoms with Crippen LogP contribution >= 0.6 is 23.2 Å². The molecule has 0 radical (unpaired) electrons. The van der Waals surface area contributed by atoms with Crippen LogP contribution in [-0.2, 0) is 5.88 Å². The lowest BCUT2D eigenvalue weighted by atomic mass is 10.1. The second-order valence-electron chi connectivity index (χ2n) is 4.25. The number of rotatable bonds is 2. The van der Waals surface area contributed by atoms with E-state index in [1.165, 1.54) is 12.1 Å². The molecular formula is C12H15Cl2N. The van der Waals surface area contributed by atoms with Crippen LogP contribution in [-0.4, -0.2) is 13.1 Å². The quantitative estimate of drug-likeness (QED) is 0.712. The van der Waals surface area contributed by atoms with Gasteiger partial charge in [0, 0.05) is 29.7 Å². The molecule has 0 saturated carbocycles. The fourth-order valence-electron chi connectivity index (χ4n) is 2.12. The number of nitrogens with zero attached hydrogens (tertiary/aromatic N) is 1. The fraction of sp³-hybridized carbons (Fsp3) is 0.500. The molecule has 1 aliphatic rings. The molecule has 1 fully saturated rings. The van der Waals surface area contributed by atoms with Gasteiger partial charge in [-0.2, -0.15) is 0 Å². The number of alkyl halides is 1. The van der Waals surface area contributed by atoms with Crippen LogP contribution in [0.1, 0.15) is 18.9 Å². The molecule has 1 aromatic carbocycles. The van der Waals surface area contributed by atoms with E-state index < -0.39 is 0 Å². The van der Waals surface area contributed by atoms with E-state index in [0.717, 1.165) is 29.6 Å². The summed E-state index contributed by atoms with van der Waals surface area (Å²) in [6.45, 7) is 4.55. The maximum absolute atomic E-state index is 5.95. The van der Waals surface area contributed by atoms with Crippen LogP contribution in [0.3, 0.4) is 0 Å². The maximum Gasteiger partial charge on any atom is 0.0495 e. The molecule has 82 valence electrons. The summed E-state index contributed by atoms with van der Waals surface area (Å²) < 4.78 is 0. The Morgan fingerprint density at radius 1 is 1.47 bits per heavy atom. The lowest BCUT2D eigenvalue weighted by Crippen LogP contribution is -2.20. The third kappa shape index (κ3) is 2.40. The van der Waals surface area contributed by atoms with E-state index in [-0.39, 0.29) is 0 Å². The van der Waals surface area contributed by atoms with Crippen molar-refractivity contribution >= 4 is 28.9 Å². The van der Waals surface area contributed by atoms with Crippen molar-refractivity contribution < 1.29 is 0 Å². The number of benzene rings is 1. The van der Waals surface area contributed by atoms with Crippen molar-refractivity contribution in [1.82, 2.24) is 0 Å². The molecule has 3 heteroatoms. The molecule has 0 aromatic heterocycles. The monoisotopic (exact) mass is 243 g/mol. The molecule has 1 aromatic rings. The summed E-state index contributed by atoms with van der Waals surface area (Å²) in [6.07, 6.45) is 1.27. The molecule has 2 rings (SSSR count). The summed E-state index contributed by atoms with van der Waals surface area (Å²) in [5.74, 6) is 1.31. The normalized spacial score (nSPS) is 21.0. The minimum absolute atomic E-state index is 0.529. The standard InChI is InChI=1S/C12H15Cl2N/c1-9-4-5-15(8-9)12-3-2-11(14)6-10(12)7-13/h2-3,6,9H,4-5,7-8H2,1H3. The van der Waals surface area contributed by atoms with Gasteiger partial charge >= 0.3 is 0 Å². The number of hydrogen-bond acceptors (Lipinski definition) is 1. The zero-order valence-corrected chi connectivity index (χ0v) is 10.4. The summed E-state index contributed by atoms with van der Waals surface area (Å²) in [5.41, 5.74) is 2.39. The van der Waals surface area contributed by atoms with Gasteiger partial charge in [0.1, 0.15) is 0 Å². The fourth-order valence-corrected chi connectivity index (χ4v) is 2.53. The molecule has 1 atom stereocenters. The first-order valence-corrected chi connectivity index (χ1v) is 6.21. The highest BCUT2D eigenvalue weighted by Gasteiger charge is 2.20. The zero-order chi connectivity index (χ0) is 10.8. The van der Waals surface area contributed by atoms with Gasteiger partial charge in [-0.1, -0.05) is 18.5 Å². The van der Waals surface area contributed by atoms with E-state index in [0.29, 0.717) is 5.88 Å². The van der Waals surface area contributed by atoms with Crippen LogP contribution in [0, 0.1) is 5.92 Å². The van der Waals surface area contributed by atoms with Gasteiger partial charge in [0.2, 0.25) is 0 Å². The van der Waals surface area contributed by atoms with Crippen LogP contribution in [0.25, 0.3) is 0 Å². The highest BCUT2D eigenvalue weighted by Crippen LogP contribution is 2.29. The van der Waals surface area contributed by atoms with Crippen molar-refractivity contribution in [1.29, 1.82) is 0 Å². The molecular weight excluding hydrogens is 229 g/mol. The predicted molar refractivity (Wildman–Crippen MR) is 67.0 cm³/mol. The first-order chi connectivity index (χ1) is 7.20. The van der Waals surface area contributed by atoms with Crippen molar-refractivity contribution in [2.75, 3.05) is 18.0 Å². The average molecular weight is 244 g/mol. The maximum atomic E-state index is 5.95. The van der Waals surface area contributed by atoms with Gasteiger partial charge in [-0.05, 0) is 36.1 Å². The molecule has 1 unspecified atom stereocenters. The van der Waals surface area contributed by atoms with Crippen LogP contribution in [0.15, 0.2) is 18.2 Å². The minimum atomic E-state index is 0.529. The van der Waals surface area contributed by atoms with Crippen molar-refractivity contribution in [3.8, 4) is 0 Å². The number of anilines is 1. The molecule has 0 spiro atoms. The molecule has 1 aliphatic heterocycles. The first kappa shape index (κ1) is 11.1. The zero-order valence-electron chi connectivity index (χ0n) is 8.84. The Morgan fingerprint density at radius 2 is 2.27 bits per heavy atom. The largest absolute Gasteiger partial charge is 0.371 e. The van der Waals surface area contributed by atoms with E-state index in [1.54, 1.807) is 0 Å². The third-order valence-electron chi connectivity index (χ3n) is 2.95. The summed E-state index contributed by atoms with van der Waals surface area (Å²) in [5, 5.41) is 0.765. The third-order valence-corrected chi connectivity index (χ3v) is 3.47. The van der Waals surface area contributed by atoms with Crippen molar-refractivity contribution in [3.63, 3.8) is 0 Å². The minimum Gasteiger partial charge on any atom is -0.371 e. The Hall–Kier alpha value is -0.400. The van der Waals surface area contributed by atoms with Gasteiger partial charge in [0.15, 0.2) is 0 Å². The second kappa shape index (κ2) is 4.63. The second-order valence-corrected chi connectivity index (χ2v) is 4.95. The molecule has 1 nitrogen and oxygen atoms in total. The highest BCUT2D eigenvalue weighted by atomic mass is 35.5. The van der Waals surface area contributed by atoms with Gasteiger partial charge < -0.3 is 4.90 Å². The highest BCUT2D eigenvalue weighted by molar-refractivity contribution is 6.30. The van der Waals surface area contributed by atoms with Crippen LogP contribution in [0.2, 0.25) is 5.02 Å². The molecule has 15 heavy (non-hydrogen) atoms. The van der Waals surface area contributed by atoms with E-state index in [9.17, 15) is 0 Å². The van der Waals surface area contributed by atoms with Gasteiger partial charge in [0.25, 0.3) is 0 Å². The topological polar surface area (TPSA) is 3.24 Å².